The Morgan fingerprint density at radius 1 is 0.444 bits per heavy atom. The first kappa shape index (κ1) is 84.8. The molecule has 28 heteroatoms. The van der Waals surface area contributed by atoms with Crippen molar-refractivity contribution in [3.8, 4) is 45.9 Å². The highest BCUT2D eigenvalue weighted by Gasteiger charge is 2.38. The van der Waals surface area contributed by atoms with Crippen LogP contribution in [0.1, 0.15) is 179 Å². The van der Waals surface area contributed by atoms with Crippen LogP contribution in [-0.2, 0) is 31.2 Å². The number of amides is 2. The molecule has 0 atom stereocenters. The van der Waals surface area contributed by atoms with Gasteiger partial charge in [0.2, 0.25) is 11.8 Å². The van der Waals surface area contributed by atoms with Crippen LogP contribution in [0.25, 0.3) is 11.4 Å². The molecule has 0 aliphatic rings. The zero-order valence-corrected chi connectivity index (χ0v) is 70.2. The van der Waals surface area contributed by atoms with Crippen LogP contribution in [0.15, 0.2) is 101 Å². The van der Waals surface area contributed by atoms with Gasteiger partial charge < -0.3 is 50.1 Å². The summed E-state index contributed by atoms with van der Waals surface area (Å²) in [5, 5.41) is 27.2. The van der Waals surface area contributed by atoms with Gasteiger partial charge in [-0.05, 0) is 161 Å². The number of nitrogens with one attached hydrogen (secondary N) is 6. The van der Waals surface area contributed by atoms with Gasteiger partial charge in [0, 0.05) is 24.2 Å². The maximum Gasteiger partial charge on any atom is 0.277 e. The highest BCUT2D eigenvalue weighted by atomic mass is 35.5. The Labute approximate surface area is 679 Å². The van der Waals surface area contributed by atoms with E-state index in [1.165, 1.54) is 61.8 Å². The Balaban J connectivity index is 1.15. The van der Waals surface area contributed by atoms with E-state index in [0.717, 1.165) is 35.0 Å². The Hall–Kier alpha value is -7.20. The molecule has 0 unspecified atom stereocenters. The van der Waals surface area contributed by atoms with E-state index in [1.54, 1.807) is 36.4 Å². The van der Waals surface area contributed by atoms with Crippen molar-refractivity contribution >= 4 is 162 Å². The molecule has 0 spiro atoms. The fourth-order valence-corrected chi connectivity index (χ4v) is 15.1. The third kappa shape index (κ3) is 17.9. The number of aromatic nitrogens is 4. The summed E-state index contributed by atoms with van der Waals surface area (Å²) >= 11 is 68.3. The van der Waals surface area contributed by atoms with Gasteiger partial charge in [0.25, 0.3) is 11.1 Å². The van der Waals surface area contributed by atoms with Gasteiger partial charge in [-0.15, -0.1) is 0 Å². The number of phenolic OH excluding ortho intramolecular Hbond substituents is 1. The van der Waals surface area contributed by atoms with Crippen LogP contribution in [0.2, 0.25) is 50.2 Å². The molecule has 2 amide bonds. The molecule has 0 saturated carbocycles. The second-order valence-electron chi connectivity index (χ2n) is 28.7. The van der Waals surface area contributed by atoms with E-state index in [1.807, 2.05) is 12.1 Å². The standard InChI is InChI=1S/C80H88Cl10N8O10/c1-16-77(5,6)46-29-27-44(39-48(46)79(9,10)18-3)107-34-20-22-56(100)91-42-25-32-53(104-13)50(37-42)93-73-59(75(102)97(95-73)71-67(87)63(83)61(81)64(84)68(71)88)58(41-24-31-52(99)55(36-41)106-15)60-74(96-98(76(60)103)72-69(89)65(85)62(82)66(86)70(72)90)94-51-38-43(26-33-54(51)105-14)92-57(101)23-21-35-108-45-28-30-47(78(7,8)17-2)49(40-45)80(11,12)19-4/h24-33,36-40,58,93-96,99H,16-23,34-35H2,1-15H3,(H,91,100)(H,92,101). The van der Waals surface area contributed by atoms with Gasteiger partial charge in [-0.3, -0.25) is 29.4 Å². The SMILES string of the molecule is CCC(C)(C)c1ccc(OCCCC(=O)Nc2ccc(OC)c(Nc3[nH]n(-c4c(Cl)c(Cl)c(Cl)c(Cl)c4Cl)c(=O)c3C(c3ccc(O)c(OC)c3)c3c(Nc4cc(NC(=O)CCCOc5ccc(C(C)(C)CC)c(C(C)(C)CC)c5)ccc4OC)[nH]n(-c4c(Cl)c(Cl)c(Cl)c(Cl)c4Cl)c3=O)c2)cc1C(C)(C)CC. The van der Waals surface area contributed by atoms with Crippen LogP contribution in [-0.4, -0.2) is 71.0 Å². The van der Waals surface area contributed by atoms with Gasteiger partial charge in [0.05, 0.1) is 113 Å². The molecule has 0 aliphatic heterocycles. The van der Waals surface area contributed by atoms with Crippen LogP contribution in [0, 0.1) is 0 Å². The molecule has 108 heavy (non-hydrogen) atoms. The fourth-order valence-electron chi connectivity index (χ4n) is 12.5. The third-order valence-corrected chi connectivity index (χ3v) is 24.9. The lowest BCUT2D eigenvalue weighted by Crippen LogP contribution is -2.26. The highest BCUT2D eigenvalue weighted by Crippen LogP contribution is 2.51. The molecule has 0 radical (unpaired) electrons. The number of phenols is 1. The Morgan fingerprint density at radius 3 is 1.13 bits per heavy atom. The summed E-state index contributed by atoms with van der Waals surface area (Å²) in [5.74, 6) is -1.35. The topological polar surface area (TPSA) is 224 Å². The molecule has 7 aromatic carbocycles. The van der Waals surface area contributed by atoms with E-state index >= 15 is 9.59 Å². The first-order valence-electron chi connectivity index (χ1n) is 35.1. The monoisotopic (exact) mass is 1670 g/mol. The van der Waals surface area contributed by atoms with Gasteiger partial charge >= 0.3 is 0 Å². The average Bonchev–Trinajstić information content (AvgIpc) is 1.57. The number of aromatic amines is 2. The predicted molar refractivity (Wildman–Crippen MR) is 444 cm³/mol. The van der Waals surface area contributed by atoms with Crippen molar-refractivity contribution < 1.29 is 38.4 Å². The maximum atomic E-state index is 16.3. The quantitative estimate of drug-likeness (QED) is 0.0119. The second-order valence-corrected chi connectivity index (χ2v) is 32.5. The Bertz CT molecular complexity index is 4670. The minimum Gasteiger partial charge on any atom is -0.504 e. The van der Waals surface area contributed by atoms with Crippen LogP contribution in [0.4, 0.5) is 34.4 Å². The molecular formula is C80H88Cl10N8O10. The summed E-state index contributed by atoms with van der Waals surface area (Å²) in [4.78, 5) is 60.5. The number of benzene rings is 7. The molecule has 9 aromatic rings. The summed E-state index contributed by atoms with van der Waals surface area (Å²) in [7, 11) is 4.13. The number of carbonyl (C=O) groups excluding carboxylic acids is 2. The minimum absolute atomic E-state index is 0.0500. The number of anilines is 6. The third-order valence-electron chi connectivity index (χ3n) is 20.3. The number of halogens is 10. The zero-order valence-electron chi connectivity index (χ0n) is 62.6. The van der Waals surface area contributed by atoms with E-state index in [-0.39, 0.29) is 184 Å². The Morgan fingerprint density at radius 2 is 0.787 bits per heavy atom. The van der Waals surface area contributed by atoms with E-state index in [4.69, 9.17) is 140 Å². The van der Waals surface area contributed by atoms with Gasteiger partial charge in [-0.1, -0.05) is 217 Å². The van der Waals surface area contributed by atoms with Crippen molar-refractivity contribution in [3.05, 3.63) is 201 Å². The van der Waals surface area contributed by atoms with Gasteiger partial charge in [0.15, 0.2) is 11.5 Å². The molecule has 2 heterocycles. The van der Waals surface area contributed by atoms with Crippen LogP contribution >= 0.6 is 116 Å². The zero-order chi connectivity index (χ0) is 79.4. The predicted octanol–water partition coefficient (Wildman–Crippen LogP) is 23.9. The summed E-state index contributed by atoms with van der Waals surface area (Å²) in [6.07, 6.45) is 4.63. The number of rotatable bonds is 32. The molecule has 0 bridgehead atoms. The van der Waals surface area contributed by atoms with Crippen molar-refractivity contribution in [2.75, 3.05) is 55.8 Å². The number of carbonyl (C=O) groups is 2. The van der Waals surface area contributed by atoms with Crippen molar-refractivity contribution in [2.45, 2.75) is 162 Å². The van der Waals surface area contributed by atoms with Crippen molar-refractivity contribution in [2.24, 2.45) is 0 Å². The number of nitrogens with zero attached hydrogens (tertiary/aromatic N) is 2. The number of hydrogen-bond acceptors (Lipinski definition) is 12. The van der Waals surface area contributed by atoms with Gasteiger partial charge in [-0.25, -0.2) is 9.36 Å². The normalized spacial score (nSPS) is 12.0. The minimum atomic E-state index is -1.67. The maximum absolute atomic E-state index is 16.3. The number of H-pyrrole nitrogens is 2. The molecule has 578 valence electrons. The van der Waals surface area contributed by atoms with Crippen molar-refractivity contribution in [1.29, 1.82) is 0 Å². The van der Waals surface area contributed by atoms with Crippen molar-refractivity contribution in [3.63, 3.8) is 0 Å². The van der Waals surface area contributed by atoms with Crippen LogP contribution < -0.4 is 56.1 Å². The van der Waals surface area contributed by atoms with E-state index < -0.39 is 17.0 Å². The summed E-state index contributed by atoms with van der Waals surface area (Å²) in [5.41, 5.74) is 2.60. The first-order chi connectivity index (χ1) is 50.9. The number of ether oxygens (including phenoxy) is 5. The number of hydrogen-bond donors (Lipinski definition) is 7. The smallest absolute Gasteiger partial charge is 0.277 e. The van der Waals surface area contributed by atoms with Crippen molar-refractivity contribution in [1.82, 2.24) is 19.6 Å². The molecule has 0 saturated heterocycles. The lowest BCUT2D eigenvalue weighted by Gasteiger charge is -2.34. The first-order valence-corrected chi connectivity index (χ1v) is 38.9. The van der Waals surface area contributed by atoms with Crippen LogP contribution in [0.3, 0.4) is 0 Å². The van der Waals surface area contributed by atoms with Crippen LogP contribution in [0.5, 0.6) is 34.5 Å². The molecule has 18 nitrogen and oxygen atoms in total. The number of methoxy groups -OCH3 is 3. The van der Waals surface area contributed by atoms with Gasteiger partial charge in [0.1, 0.15) is 46.0 Å². The number of aromatic hydroxyl groups is 1. The van der Waals surface area contributed by atoms with E-state index in [2.05, 4.69) is 139 Å². The lowest BCUT2D eigenvalue weighted by atomic mass is 9.71. The molecule has 7 N–H and O–H groups in total. The molecule has 0 aliphatic carbocycles. The molecular weight excluding hydrogens is 1590 g/mol. The lowest BCUT2D eigenvalue weighted by molar-refractivity contribution is -0.117. The molecule has 0 fully saturated rings. The van der Waals surface area contributed by atoms with E-state index in [9.17, 15) is 14.7 Å². The molecule has 9 rings (SSSR count). The second kappa shape index (κ2) is 35.0. The fraction of sp³-hybridized carbons (Fsp3) is 0.375. The summed E-state index contributed by atoms with van der Waals surface area (Å²) < 4.78 is 32.0. The summed E-state index contributed by atoms with van der Waals surface area (Å²) in [6.45, 7) is 27.1. The highest BCUT2D eigenvalue weighted by molar-refractivity contribution is 6.57. The summed E-state index contributed by atoms with van der Waals surface area (Å²) in [6, 6.07) is 26.2. The Kier molecular flexibility index (Phi) is 27.5. The van der Waals surface area contributed by atoms with E-state index in [0.29, 0.717) is 35.7 Å². The molecule has 2 aromatic heterocycles. The largest absolute Gasteiger partial charge is 0.504 e. The average molecular weight is 1680 g/mol. The van der Waals surface area contributed by atoms with Gasteiger partial charge in [-0.2, -0.15) is 0 Å².